The first-order valence-corrected chi connectivity index (χ1v) is 8.91. The van der Waals surface area contributed by atoms with Crippen LogP contribution in [-0.4, -0.2) is 19.6 Å². The maximum absolute atomic E-state index is 9.67. The van der Waals surface area contributed by atoms with E-state index in [0.29, 0.717) is 18.7 Å². The molecule has 0 aliphatic carbocycles. The number of hydrogen-bond acceptors (Lipinski definition) is 5. The monoisotopic (exact) mass is 354 g/mol. The van der Waals surface area contributed by atoms with Crippen LogP contribution in [0.4, 0.5) is 0 Å². The summed E-state index contributed by atoms with van der Waals surface area (Å²) in [7, 11) is 0. The van der Waals surface area contributed by atoms with E-state index in [-0.39, 0.29) is 5.75 Å². The van der Waals surface area contributed by atoms with E-state index in [1.165, 1.54) is 4.88 Å². The highest BCUT2D eigenvalue weighted by molar-refractivity contribution is 7.11. The second kappa shape index (κ2) is 7.11. The Bertz CT molecular complexity index is 910. The summed E-state index contributed by atoms with van der Waals surface area (Å²) in [6, 6.07) is 7.25. The van der Waals surface area contributed by atoms with E-state index >= 15 is 0 Å². The summed E-state index contributed by atoms with van der Waals surface area (Å²) in [4.78, 5) is 10.3. The van der Waals surface area contributed by atoms with Gasteiger partial charge in [0.15, 0.2) is 0 Å². The third-order valence-electron chi connectivity index (χ3n) is 4.02. The fraction of sp³-hybridized carbons (Fsp3) is 0.263. The molecule has 3 aromatic rings. The van der Waals surface area contributed by atoms with Gasteiger partial charge in [-0.15, -0.1) is 11.3 Å². The van der Waals surface area contributed by atoms with E-state index in [9.17, 15) is 5.11 Å². The molecule has 1 aromatic carbocycles. The Morgan fingerprint density at radius 1 is 1.36 bits per heavy atom. The number of aromatic nitrogens is 3. The van der Waals surface area contributed by atoms with Gasteiger partial charge in [0.25, 0.3) is 0 Å². The van der Waals surface area contributed by atoms with Crippen molar-refractivity contribution in [2.75, 3.05) is 0 Å². The predicted octanol–water partition coefficient (Wildman–Crippen LogP) is 3.32. The zero-order valence-electron chi connectivity index (χ0n) is 14.5. The SMILES string of the molecule is C=C(N)Cc1c(Cc2sc(C)nc2C)ncn1Cc1cccc(O)c1. The summed E-state index contributed by atoms with van der Waals surface area (Å²) in [6.45, 7) is 8.53. The molecule has 0 radical (unpaired) electrons. The summed E-state index contributed by atoms with van der Waals surface area (Å²) in [5, 5.41) is 10.7. The largest absolute Gasteiger partial charge is 0.508 e. The van der Waals surface area contributed by atoms with Gasteiger partial charge in [0.05, 0.1) is 22.7 Å². The van der Waals surface area contributed by atoms with Gasteiger partial charge in [-0.05, 0) is 31.5 Å². The zero-order valence-corrected chi connectivity index (χ0v) is 15.3. The number of thiazole rings is 1. The smallest absolute Gasteiger partial charge is 0.115 e. The summed E-state index contributed by atoms with van der Waals surface area (Å²) in [6.07, 6.45) is 3.15. The Hall–Kier alpha value is -2.60. The molecule has 0 spiro atoms. The summed E-state index contributed by atoms with van der Waals surface area (Å²) in [5.41, 5.74) is 10.6. The Balaban J connectivity index is 1.92. The molecule has 25 heavy (non-hydrogen) atoms. The fourth-order valence-electron chi connectivity index (χ4n) is 2.89. The Labute approximate surface area is 151 Å². The Kier molecular flexibility index (Phi) is 4.90. The van der Waals surface area contributed by atoms with E-state index in [4.69, 9.17) is 5.73 Å². The van der Waals surface area contributed by atoms with Crippen LogP contribution in [0.5, 0.6) is 5.75 Å². The molecule has 0 atom stereocenters. The van der Waals surface area contributed by atoms with E-state index in [0.717, 1.165) is 34.1 Å². The molecule has 5 nitrogen and oxygen atoms in total. The minimum absolute atomic E-state index is 0.262. The molecule has 0 amide bonds. The van der Waals surface area contributed by atoms with Crippen molar-refractivity contribution in [2.45, 2.75) is 33.2 Å². The van der Waals surface area contributed by atoms with Gasteiger partial charge in [0.2, 0.25) is 0 Å². The van der Waals surface area contributed by atoms with E-state index in [2.05, 4.69) is 21.1 Å². The van der Waals surface area contributed by atoms with E-state index < -0.39 is 0 Å². The summed E-state index contributed by atoms with van der Waals surface area (Å²) in [5.74, 6) is 0.262. The van der Waals surface area contributed by atoms with Gasteiger partial charge in [-0.1, -0.05) is 18.7 Å². The minimum atomic E-state index is 0.262. The van der Waals surface area contributed by atoms with Crippen molar-refractivity contribution >= 4 is 11.3 Å². The van der Waals surface area contributed by atoms with Crippen molar-refractivity contribution in [3.63, 3.8) is 0 Å². The van der Waals surface area contributed by atoms with Crippen LogP contribution >= 0.6 is 11.3 Å². The van der Waals surface area contributed by atoms with Gasteiger partial charge < -0.3 is 15.4 Å². The number of benzene rings is 1. The Morgan fingerprint density at radius 3 is 2.80 bits per heavy atom. The van der Waals surface area contributed by atoms with Gasteiger partial charge in [-0.25, -0.2) is 9.97 Å². The Morgan fingerprint density at radius 2 is 2.16 bits per heavy atom. The van der Waals surface area contributed by atoms with Crippen LogP contribution in [0.3, 0.4) is 0 Å². The lowest BCUT2D eigenvalue weighted by Crippen LogP contribution is -2.09. The number of aryl methyl sites for hydroxylation is 2. The van der Waals surface area contributed by atoms with Crippen molar-refractivity contribution < 1.29 is 5.11 Å². The highest BCUT2D eigenvalue weighted by Gasteiger charge is 2.15. The second-order valence-electron chi connectivity index (χ2n) is 6.19. The highest BCUT2D eigenvalue weighted by atomic mass is 32.1. The quantitative estimate of drug-likeness (QED) is 0.712. The van der Waals surface area contributed by atoms with Crippen LogP contribution in [-0.2, 0) is 19.4 Å². The van der Waals surface area contributed by atoms with Gasteiger partial charge in [0.1, 0.15) is 5.75 Å². The van der Waals surface area contributed by atoms with Crippen LogP contribution in [0.15, 0.2) is 42.9 Å². The standard InChI is InChI=1S/C19H22N4OS/c1-12(20)7-18-17(9-19-13(2)22-14(3)25-19)21-11-23(18)10-15-5-4-6-16(24)8-15/h4-6,8,11,24H,1,7,9-10,20H2,2-3H3. The van der Waals surface area contributed by atoms with E-state index in [1.807, 2.05) is 32.3 Å². The number of hydrogen-bond donors (Lipinski definition) is 2. The number of phenols is 1. The second-order valence-corrected chi connectivity index (χ2v) is 7.48. The lowest BCUT2D eigenvalue weighted by molar-refractivity contribution is 0.474. The molecular formula is C19H22N4OS. The third-order valence-corrected chi connectivity index (χ3v) is 5.09. The molecule has 130 valence electrons. The molecule has 0 unspecified atom stereocenters. The first-order valence-electron chi connectivity index (χ1n) is 8.09. The van der Waals surface area contributed by atoms with Crippen LogP contribution in [0.1, 0.15) is 32.5 Å². The van der Waals surface area contributed by atoms with Gasteiger partial charge >= 0.3 is 0 Å². The third kappa shape index (κ3) is 4.09. The lowest BCUT2D eigenvalue weighted by Gasteiger charge is -2.10. The molecule has 0 fully saturated rings. The first-order chi connectivity index (χ1) is 11.9. The average Bonchev–Trinajstić information content (AvgIpc) is 3.03. The number of imidazole rings is 1. The van der Waals surface area contributed by atoms with Gasteiger partial charge in [0, 0.05) is 35.7 Å². The molecule has 3 rings (SSSR count). The van der Waals surface area contributed by atoms with Crippen LogP contribution < -0.4 is 5.73 Å². The van der Waals surface area contributed by atoms with Crippen molar-refractivity contribution in [3.05, 3.63) is 75.4 Å². The highest BCUT2D eigenvalue weighted by Crippen LogP contribution is 2.23. The molecular weight excluding hydrogens is 332 g/mol. The predicted molar refractivity (Wildman–Crippen MR) is 101 cm³/mol. The number of nitrogens with two attached hydrogens (primary N) is 1. The molecule has 2 heterocycles. The van der Waals surface area contributed by atoms with Crippen molar-refractivity contribution in [2.24, 2.45) is 5.73 Å². The van der Waals surface area contributed by atoms with Crippen molar-refractivity contribution in [1.29, 1.82) is 0 Å². The molecule has 0 aliphatic heterocycles. The number of rotatable bonds is 6. The minimum Gasteiger partial charge on any atom is -0.508 e. The number of aromatic hydroxyl groups is 1. The average molecular weight is 354 g/mol. The van der Waals surface area contributed by atoms with Crippen LogP contribution in [0.25, 0.3) is 0 Å². The summed E-state index contributed by atoms with van der Waals surface area (Å²) < 4.78 is 2.07. The maximum atomic E-state index is 9.67. The van der Waals surface area contributed by atoms with Gasteiger partial charge in [-0.2, -0.15) is 0 Å². The maximum Gasteiger partial charge on any atom is 0.115 e. The first kappa shape index (κ1) is 17.2. The number of allylic oxidation sites excluding steroid dienone is 1. The van der Waals surface area contributed by atoms with Crippen LogP contribution in [0.2, 0.25) is 0 Å². The van der Waals surface area contributed by atoms with E-state index in [1.54, 1.807) is 23.5 Å². The van der Waals surface area contributed by atoms with Crippen molar-refractivity contribution in [3.8, 4) is 5.75 Å². The van der Waals surface area contributed by atoms with Crippen molar-refractivity contribution in [1.82, 2.24) is 14.5 Å². The number of phenolic OH excluding ortho intramolecular Hbond substituents is 1. The molecule has 0 saturated carbocycles. The number of nitrogens with zero attached hydrogens (tertiary/aromatic N) is 3. The molecule has 3 N–H and O–H groups in total. The molecule has 0 saturated heterocycles. The van der Waals surface area contributed by atoms with Gasteiger partial charge in [-0.3, -0.25) is 0 Å². The zero-order chi connectivity index (χ0) is 18.0. The fourth-order valence-corrected chi connectivity index (χ4v) is 3.83. The topological polar surface area (TPSA) is 77.0 Å². The lowest BCUT2D eigenvalue weighted by atomic mass is 10.1. The summed E-state index contributed by atoms with van der Waals surface area (Å²) >= 11 is 1.70. The molecule has 6 heteroatoms. The molecule has 0 bridgehead atoms. The normalized spacial score (nSPS) is 11.0. The molecule has 2 aromatic heterocycles. The van der Waals surface area contributed by atoms with Crippen LogP contribution in [0, 0.1) is 13.8 Å². The molecule has 0 aliphatic rings.